The number of nitro groups is 1. The zero-order chi connectivity index (χ0) is 8.36. The fourth-order valence-corrected chi connectivity index (χ4v) is 0.264. The van der Waals surface area contributed by atoms with Gasteiger partial charge in [0.25, 0.3) is 0 Å². The molecule has 0 aliphatic carbocycles. The van der Waals surface area contributed by atoms with E-state index in [9.17, 15) is 23.3 Å². The van der Waals surface area contributed by atoms with Crippen molar-refractivity contribution in [2.45, 2.75) is 12.2 Å². The Kier molecular flexibility index (Phi) is 5.16. The van der Waals surface area contributed by atoms with Gasteiger partial charge in [0.05, 0.1) is 0 Å². The minimum atomic E-state index is -4.67. The molecule has 2 N–H and O–H groups in total. The van der Waals surface area contributed by atoms with Crippen LogP contribution in [0.4, 0.5) is 13.2 Å². The number of hydrogen-bond acceptors (Lipinski definition) is 3. The Morgan fingerprint density at radius 2 is 1.91 bits per heavy atom. The lowest BCUT2D eigenvalue weighted by molar-refractivity contribution is -0.489. The van der Waals surface area contributed by atoms with Crippen molar-refractivity contribution in [3.63, 3.8) is 0 Å². The first kappa shape index (κ1) is 13.1. The third-order valence-electron chi connectivity index (χ3n) is 0.766. The molecule has 0 aromatic rings. The van der Waals surface area contributed by atoms with Crippen LogP contribution in [0.25, 0.3) is 0 Å². The van der Waals surface area contributed by atoms with E-state index in [1.54, 1.807) is 0 Å². The maximum Gasteiger partial charge on any atom is 0.410 e. The lowest BCUT2D eigenvalue weighted by Gasteiger charge is -2.09. The van der Waals surface area contributed by atoms with Crippen molar-refractivity contribution in [2.75, 3.05) is 6.54 Å². The maximum absolute atomic E-state index is 11.4. The Morgan fingerprint density at radius 3 is 2.00 bits per heavy atom. The molecule has 0 fully saturated rings. The van der Waals surface area contributed by atoms with Crippen LogP contribution in [0.2, 0.25) is 0 Å². The Morgan fingerprint density at radius 1 is 1.55 bits per heavy atom. The molecule has 0 aromatic carbocycles. The van der Waals surface area contributed by atoms with E-state index >= 15 is 0 Å². The number of hydrogen-bond donors (Lipinski definition) is 1. The summed E-state index contributed by atoms with van der Waals surface area (Å²) in [6.07, 6.45) is -4.67. The lowest BCUT2D eigenvalue weighted by Crippen LogP contribution is -2.42. The summed E-state index contributed by atoms with van der Waals surface area (Å²) in [5.74, 6) is 0. The second kappa shape index (κ2) is 4.35. The van der Waals surface area contributed by atoms with Crippen LogP contribution in [0.1, 0.15) is 0 Å². The van der Waals surface area contributed by atoms with Gasteiger partial charge in [0.15, 0.2) is 6.04 Å². The molecule has 0 aliphatic heterocycles. The highest BCUT2D eigenvalue weighted by Crippen LogP contribution is 2.17. The summed E-state index contributed by atoms with van der Waals surface area (Å²) in [5.41, 5.74) is 4.38. The van der Waals surface area contributed by atoms with Crippen LogP contribution >= 0.6 is 12.4 Å². The van der Waals surface area contributed by atoms with E-state index in [-0.39, 0.29) is 12.4 Å². The minimum Gasteiger partial charge on any atom is -0.315 e. The SMILES string of the molecule is Cl.NC(C[N+](=O)[O-])C(F)(F)F. The van der Waals surface area contributed by atoms with Crippen molar-refractivity contribution in [1.29, 1.82) is 0 Å². The highest BCUT2D eigenvalue weighted by molar-refractivity contribution is 5.85. The van der Waals surface area contributed by atoms with Crippen LogP contribution in [0.5, 0.6) is 0 Å². The fourth-order valence-electron chi connectivity index (χ4n) is 0.264. The molecule has 11 heavy (non-hydrogen) atoms. The van der Waals surface area contributed by atoms with Gasteiger partial charge in [0, 0.05) is 4.92 Å². The first-order valence-electron chi connectivity index (χ1n) is 2.28. The van der Waals surface area contributed by atoms with Gasteiger partial charge in [0.2, 0.25) is 6.54 Å². The molecule has 1 atom stereocenters. The summed E-state index contributed by atoms with van der Waals surface area (Å²) in [6, 6.07) is -2.36. The van der Waals surface area contributed by atoms with Gasteiger partial charge in [-0.2, -0.15) is 13.2 Å². The average molecular weight is 195 g/mol. The smallest absolute Gasteiger partial charge is 0.315 e. The molecule has 0 radical (unpaired) electrons. The molecular formula is C3H6ClF3N2O2. The number of alkyl halides is 3. The zero-order valence-corrected chi connectivity index (χ0v) is 5.98. The van der Waals surface area contributed by atoms with Gasteiger partial charge in [-0.3, -0.25) is 10.1 Å². The zero-order valence-electron chi connectivity index (χ0n) is 5.17. The van der Waals surface area contributed by atoms with Gasteiger partial charge in [-0.1, -0.05) is 0 Å². The highest BCUT2D eigenvalue weighted by Gasteiger charge is 2.40. The molecule has 0 spiro atoms. The van der Waals surface area contributed by atoms with Crippen molar-refractivity contribution in [2.24, 2.45) is 5.73 Å². The Bertz CT molecular complexity index is 139. The molecule has 0 rings (SSSR count). The number of nitrogens with two attached hydrogens (primary N) is 1. The van der Waals surface area contributed by atoms with Crippen molar-refractivity contribution in [1.82, 2.24) is 0 Å². The van der Waals surface area contributed by atoms with Crippen LogP contribution in [0.3, 0.4) is 0 Å². The van der Waals surface area contributed by atoms with E-state index in [1.165, 1.54) is 0 Å². The number of nitrogens with zero attached hydrogens (tertiary/aromatic N) is 1. The summed E-state index contributed by atoms with van der Waals surface area (Å²) in [5, 5.41) is 9.48. The fraction of sp³-hybridized carbons (Fsp3) is 1.00. The summed E-state index contributed by atoms with van der Waals surface area (Å²) >= 11 is 0. The number of halogens is 4. The molecule has 0 aliphatic rings. The van der Waals surface area contributed by atoms with E-state index in [0.29, 0.717) is 0 Å². The van der Waals surface area contributed by atoms with Gasteiger partial charge in [-0.05, 0) is 0 Å². The van der Waals surface area contributed by atoms with Crippen LogP contribution in [0, 0.1) is 10.1 Å². The Labute approximate surface area is 66.1 Å². The monoisotopic (exact) mass is 194 g/mol. The second-order valence-corrected chi connectivity index (χ2v) is 1.66. The third-order valence-corrected chi connectivity index (χ3v) is 0.766. The predicted octanol–water partition coefficient (Wildman–Crippen LogP) is 0.575. The molecule has 0 aromatic heterocycles. The molecule has 8 heteroatoms. The quantitative estimate of drug-likeness (QED) is 0.516. The molecule has 0 saturated heterocycles. The number of rotatable bonds is 2. The molecule has 68 valence electrons. The summed E-state index contributed by atoms with van der Waals surface area (Å²) in [7, 11) is 0. The van der Waals surface area contributed by atoms with E-state index in [2.05, 4.69) is 5.73 Å². The molecule has 0 heterocycles. The lowest BCUT2D eigenvalue weighted by atomic mass is 10.3. The Balaban J connectivity index is 0. The topological polar surface area (TPSA) is 69.2 Å². The first-order chi connectivity index (χ1) is 4.34. The average Bonchev–Trinajstić information content (AvgIpc) is 1.60. The molecule has 4 nitrogen and oxygen atoms in total. The summed E-state index contributed by atoms with van der Waals surface area (Å²) in [4.78, 5) is 8.38. The van der Waals surface area contributed by atoms with Crippen LogP contribution in [-0.4, -0.2) is 23.7 Å². The second-order valence-electron chi connectivity index (χ2n) is 1.66. The van der Waals surface area contributed by atoms with Crippen LogP contribution in [-0.2, 0) is 0 Å². The third kappa shape index (κ3) is 5.86. The summed E-state index contributed by atoms with van der Waals surface area (Å²) < 4.78 is 34.1. The van der Waals surface area contributed by atoms with E-state index in [1.807, 2.05) is 0 Å². The molecule has 0 bridgehead atoms. The van der Waals surface area contributed by atoms with Crippen molar-refractivity contribution < 1.29 is 18.1 Å². The normalized spacial score (nSPS) is 13.5. The van der Waals surface area contributed by atoms with E-state index in [4.69, 9.17) is 0 Å². The van der Waals surface area contributed by atoms with Gasteiger partial charge in [-0.25, -0.2) is 0 Å². The highest BCUT2D eigenvalue weighted by atomic mass is 35.5. The van der Waals surface area contributed by atoms with Gasteiger partial charge < -0.3 is 5.73 Å². The minimum absolute atomic E-state index is 0. The van der Waals surface area contributed by atoms with E-state index < -0.39 is 23.7 Å². The van der Waals surface area contributed by atoms with Gasteiger partial charge in [0.1, 0.15) is 0 Å². The first-order valence-corrected chi connectivity index (χ1v) is 2.28. The predicted molar refractivity (Wildman–Crippen MR) is 33.1 cm³/mol. The van der Waals surface area contributed by atoms with E-state index in [0.717, 1.165) is 0 Å². The standard InChI is InChI=1S/C3H5F3N2O2.ClH/c4-3(5,6)2(7)1-8(9)10;/h2H,1,7H2;1H. The van der Waals surface area contributed by atoms with Crippen molar-refractivity contribution in [3.8, 4) is 0 Å². The van der Waals surface area contributed by atoms with Gasteiger partial charge >= 0.3 is 6.18 Å². The van der Waals surface area contributed by atoms with Crippen LogP contribution < -0.4 is 5.73 Å². The summed E-state index contributed by atoms with van der Waals surface area (Å²) in [6.45, 7) is -1.27. The molecule has 1 unspecified atom stereocenters. The van der Waals surface area contributed by atoms with Crippen LogP contribution in [0.15, 0.2) is 0 Å². The largest absolute Gasteiger partial charge is 0.410 e. The van der Waals surface area contributed by atoms with Crippen molar-refractivity contribution in [3.05, 3.63) is 10.1 Å². The molecule has 0 amide bonds. The van der Waals surface area contributed by atoms with Crippen molar-refractivity contribution >= 4 is 12.4 Å². The maximum atomic E-state index is 11.4. The molecule has 0 saturated carbocycles. The Hall–Kier alpha value is -0.560. The molecular weight excluding hydrogens is 188 g/mol. The van der Waals surface area contributed by atoms with Gasteiger partial charge in [-0.15, -0.1) is 12.4 Å².